The van der Waals surface area contributed by atoms with Crippen LogP contribution in [0.1, 0.15) is 81.8 Å². The van der Waals surface area contributed by atoms with Crippen molar-refractivity contribution in [1.29, 1.82) is 0 Å². The van der Waals surface area contributed by atoms with Gasteiger partial charge in [0.05, 0.1) is 22.6 Å². The van der Waals surface area contributed by atoms with Crippen LogP contribution in [-0.4, -0.2) is 50.1 Å². The number of allylic oxidation sites excluding steroid dienone is 3. The van der Waals surface area contributed by atoms with Crippen molar-refractivity contribution < 1.29 is 42.9 Å². The molecule has 0 radical (unpaired) electrons. The molecule has 266 valence electrons. The minimum Gasteiger partial charge on any atom is -0.748 e. The normalized spacial score (nSPS) is 21.5. The molecule has 48 heavy (non-hydrogen) atoms. The average Bonchev–Trinajstić information content (AvgIpc) is 3.09. The summed E-state index contributed by atoms with van der Waals surface area (Å²) in [5.74, 6) is 0.972. The molecule has 4 aliphatic carbocycles. The first-order valence-corrected chi connectivity index (χ1v) is 20.1. The number of nitrogens with two attached hydrogens (primary N) is 1. The Balaban J connectivity index is 0.000000272. The van der Waals surface area contributed by atoms with E-state index in [9.17, 15) is 0 Å². The van der Waals surface area contributed by atoms with Crippen LogP contribution in [0.2, 0.25) is 0 Å². The number of rotatable bonds is 7. The van der Waals surface area contributed by atoms with Gasteiger partial charge in [0, 0.05) is 45.1 Å². The van der Waals surface area contributed by atoms with E-state index in [1.165, 1.54) is 80.9 Å². The van der Waals surface area contributed by atoms with Crippen molar-refractivity contribution in [2.24, 2.45) is 5.73 Å². The fourth-order valence-corrected chi connectivity index (χ4v) is 11.7. The van der Waals surface area contributed by atoms with Gasteiger partial charge in [-0.1, -0.05) is 95.0 Å². The predicted molar refractivity (Wildman–Crippen MR) is 195 cm³/mol. The molecule has 0 spiro atoms. The Morgan fingerprint density at radius 1 is 0.875 bits per heavy atom. The van der Waals surface area contributed by atoms with Gasteiger partial charge in [-0.25, -0.2) is 14.5 Å². The van der Waals surface area contributed by atoms with E-state index in [4.69, 9.17) is 28.2 Å². The van der Waals surface area contributed by atoms with Gasteiger partial charge in [-0.2, -0.15) is 24.1 Å². The largest absolute Gasteiger partial charge is 0.748 e. The Labute approximate surface area is 304 Å². The van der Waals surface area contributed by atoms with E-state index in [1.54, 1.807) is 7.11 Å². The summed E-state index contributed by atoms with van der Waals surface area (Å²) < 4.78 is 39.8. The van der Waals surface area contributed by atoms with Gasteiger partial charge in [-0.15, -0.1) is 35.9 Å². The zero-order chi connectivity index (χ0) is 33.7. The molecule has 0 aromatic heterocycles. The van der Waals surface area contributed by atoms with E-state index < -0.39 is 10.1 Å². The Kier molecular flexibility index (Phi) is 16.7. The van der Waals surface area contributed by atoms with Gasteiger partial charge < -0.3 is 19.8 Å². The Bertz CT molecular complexity index is 1460. The zero-order valence-electron chi connectivity index (χ0n) is 28.5. The molecule has 6 nitrogen and oxygen atoms in total. The van der Waals surface area contributed by atoms with Crippen LogP contribution < -0.4 is 5.73 Å². The van der Waals surface area contributed by atoms with Gasteiger partial charge in [0.1, 0.15) is 0 Å². The fourth-order valence-electron chi connectivity index (χ4n) is 7.26. The van der Waals surface area contributed by atoms with Gasteiger partial charge in [0.15, 0.2) is 0 Å². The van der Waals surface area contributed by atoms with Crippen molar-refractivity contribution in [2.75, 3.05) is 20.5 Å². The van der Waals surface area contributed by atoms with E-state index in [0.717, 1.165) is 35.1 Å². The minimum atomic E-state index is -3.92. The predicted octanol–water partition coefficient (Wildman–Crippen LogP) is 8.99. The molecular weight excluding hydrogens is 732 g/mol. The number of benzene rings is 2. The molecule has 2 fully saturated rings. The van der Waals surface area contributed by atoms with Crippen LogP contribution in [0.15, 0.2) is 96.8 Å². The maximum absolute atomic E-state index is 9.08. The van der Waals surface area contributed by atoms with Crippen molar-refractivity contribution in [1.82, 2.24) is 0 Å². The molecule has 2 aromatic carbocycles. The minimum absolute atomic E-state index is 0. The number of methoxy groups -OCH3 is 2. The van der Waals surface area contributed by atoms with Crippen molar-refractivity contribution in [3.05, 3.63) is 120 Å². The molecular formula is C39H51NO5PPdS-3. The first-order valence-electron chi connectivity index (χ1n) is 16.8. The van der Waals surface area contributed by atoms with Gasteiger partial charge in [-0.3, -0.25) is 0 Å². The maximum Gasteiger partial charge on any atom is 0.0916 e. The molecule has 1 unspecified atom stereocenters. The van der Waals surface area contributed by atoms with Crippen molar-refractivity contribution in [2.45, 2.75) is 87.3 Å². The summed E-state index contributed by atoms with van der Waals surface area (Å²) in [4.78, 5) is 0. The number of hydrogen-bond donors (Lipinski definition) is 1. The second kappa shape index (κ2) is 19.9. The molecule has 0 saturated heterocycles. The molecule has 6 rings (SSSR count). The van der Waals surface area contributed by atoms with E-state index in [-0.39, 0.29) is 33.7 Å². The van der Waals surface area contributed by atoms with Crippen molar-refractivity contribution >= 4 is 29.2 Å². The van der Waals surface area contributed by atoms with Crippen molar-refractivity contribution in [3.8, 4) is 0 Å². The Morgan fingerprint density at radius 2 is 1.38 bits per heavy atom. The molecule has 4 aliphatic rings. The maximum atomic E-state index is 9.08. The Hall–Kier alpha value is -2.14. The topological polar surface area (TPSA) is 102 Å². The van der Waals surface area contributed by atoms with Gasteiger partial charge in [-0.05, 0) is 49.0 Å². The summed E-state index contributed by atoms with van der Waals surface area (Å²) in [7, 11) is -0.538. The number of hydrogen-bond acceptors (Lipinski definition) is 6. The summed E-state index contributed by atoms with van der Waals surface area (Å²) in [6.45, 7) is 0. The van der Waals surface area contributed by atoms with Crippen LogP contribution >= 0.6 is 7.92 Å². The number of ether oxygens (including phenoxy) is 2. The smallest absolute Gasteiger partial charge is 0.0916 e. The first kappa shape index (κ1) is 40.3. The molecule has 2 N–H and O–H groups in total. The summed E-state index contributed by atoms with van der Waals surface area (Å²) in [5.41, 5.74) is 12.3. The molecule has 2 saturated carbocycles. The molecule has 0 aliphatic heterocycles. The average molecular weight is 783 g/mol. The summed E-state index contributed by atoms with van der Waals surface area (Å²) >= 11 is 0. The summed E-state index contributed by atoms with van der Waals surface area (Å²) in [5, 5.41) is -0.346. The van der Waals surface area contributed by atoms with E-state index in [0.29, 0.717) is 6.26 Å². The third kappa shape index (κ3) is 11.2. The third-order valence-corrected chi connectivity index (χ3v) is 13.2. The van der Waals surface area contributed by atoms with Crippen LogP contribution in [0.4, 0.5) is 0 Å². The van der Waals surface area contributed by atoms with Crippen LogP contribution in [0.25, 0.3) is 11.1 Å². The van der Waals surface area contributed by atoms with Gasteiger partial charge >= 0.3 is 0 Å². The van der Waals surface area contributed by atoms with E-state index in [2.05, 4.69) is 79.3 Å². The quantitative estimate of drug-likeness (QED) is 0.130. The SMILES string of the molecule is COC1=C(c2ccccc2)C(OC)(P(C2CCCCC2)C2CCCCC2)[CH-]C=C1.CS(=O)(=O)[O-].N[C-]1CC=CC=C1c1ccccc1.[Pd]. The first-order chi connectivity index (χ1) is 22.7. The molecule has 0 amide bonds. The summed E-state index contributed by atoms with van der Waals surface area (Å²) in [6.07, 6.45) is 28.2. The second-order valence-corrected chi connectivity index (χ2v) is 16.9. The van der Waals surface area contributed by atoms with Crippen LogP contribution in [0, 0.1) is 12.5 Å². The van der Waals surface area contributed by atoms with Gasteiger partial charge in [0.2, 0.25) is 0 Å². The third-order valence-electron chi connectivity index (χ3n) is 9.26. The molecule has 1 atom stereocenters. The molecule has 9 heteroatoms. The van der Waals surface area contributed by atoms with E-state index >= 15 is 0 Å². The second-order valence-electron chi connectivity index (χ2n) is 12.5. The van der Waals surface area contributed by atoms with E-state index in [1.807, 2.05) is 25.3 Å². The zero-order valence-corrected chi connectivity index (χ0v) is 31.7. The molecule has 2 aromatic rings. The molecule has 0 bridgehead atoms. The van der Waals surface area contributed by atoms with Crippen LogP contribution in [-0.2, 0) is 40.0 Å². The van der Waals surface area contributed by atoms with Crippen LogP contribution in [0.5, 0.6) is 0 Å². The fraction of sp³-hybridized carbons (Fsp3) is 0.436. The summed E-state index contributed by atoms with van der Waals surface area (Å²) in [6, 6.07) is 22.0. The molecule has 0 heterocycles. The van der Waals surface area contributed by atoms with Crippen LogP contribution in [0.3, 0.4) is 0 Å². The van der Waals surface area contributed by atoms with Gasteiger partial charge in [0.25, 0.3) is 0 Å². The standard InChI is InChI=1S/C26H36O2P.C12H12N.CH4O3S.Pd/c1-27-24-19-12-20-26(28-2,25(24)21-13-6-3-7-14-21)29(22-15-8-4-9-16-22)23-17-10-5-11-18-23;13-12-9-5-4-8-11(12)10-6-2-1-3-7-10;1-5(2,3)4;/h3,6-7,12-14,19-20,22-23H,4-5,8-11,15-18H2,1-2H3;1-8H,9,13H2;1H3,(H,2,3,4);/q2*-1;;/p-1. The Morgan fingerprint density at radius 3 is 1.83 bits per heavy atom. The monoisotopic (exact) mass is 782 g/mol. The van der Waals surface area contributed by atoms with Crippen molar-refractivity contribution in [3.63, 3.8) is 0 Å².